The average Bonchev–Trinajstić information content (AvgIpc) is 3.27. The van der Waals surface area contributed by atoms with Crippen molar-refractivity contribution in [1.82, 2.24) is 5.32 Å². The Bertz CT molecular complexity index is 601. The Morgan fingerprint density at radius 1 is 1.29 bits per heavy atom. The van der Waals surface area contributed by atoms with E-state index >= 15 is 0 Å². The normalized spacial score (nSPS) is 25.8. The largest absolute Gasteiger partial charge is 0.497 e. The lowest BCUT2D eigenvalue weighted by molar-refractivity contribution is -0.134. The molecular formula is C15H17BrN2O3. The highest BCUT2D eigenvalue weighted by Crippen LogP contribution is 2.37. The van der Waals surface area contributed by atoms with E-state index < -0.39 is 12.1 Å². The van der Waals surface area contributed by atoms with Crippen LogP contribution < -0.4 is 15.0 Å². The molecule has 1 saturated heterocycles. The molecule has 1 aromatic rings. The number of piperazine rings is 1. The minimum atomic E-state index is -0.522. The molecule has 0 bridgehead atoms. The first kappa shape index (κ1) is 14.4. The first-order valence-corrected chi connectivity index (χ1v) is 7.78. The molecule has 1 heterocycles. The number of halogens is 1. The molecule has 0 spiro atoms. The molecule has 0 radical (unpaired) electrons. The average molecular weight is 353 g/mol. The first-order chi connectivity index (χ1) is 10.0. The van der Waals surface area contributed by atoms with E-state index in [-0.39, 0.29) is 17.7 Å². The molecule has 1 aromatic carbocycles. The van der Waals surface area contributed by atoms with E-state index in [0.29, 0.717) is 11.4 Å². The highest BCUT2D eigenvalue weighted by Gasteiger charge is 2.46. The van der Waals surface area contributed by atoms with Crippen molar-refractivity contribution in [2.24, 2.45) is 5.92 Å². The van der Waals surface area contributed by atoms with E-state index in [4.69, 9.17) is 4.74 Å². The summed E-state index contributed by atoms with van der Waals surface area (Å²) < 4.78 is 6.05. The standard InChI is InChI=1S/C15H17BrN2O3/c1-8-14(19)17-13(9-3-4-9)15(20)18(8)11-5-10(16)6-12(7-11)21-2/h5-9,13H,3-4H2,1-2H3,(H,17,19). The fourth-order valence-corrected chi connectivity index (χ4v) is 3.16. The summed E-state index contributed by atoms with van der Waals surface area (Å²) in [6.07, 6.45) is 2.00. The van der Waals surface area contributed by atoms with Gasteiger partial charge in [-0.2, -0.15) is 0 Å². The molecule has 1 aliphatic carbocycles. The lowest BCUT2D eigenvalue weighted by Gasteiger charge is -2.37. The number of hydrogen-bond donors (Lipinski definition) is 1. The van der Waals surface area contributed by atoms with Crippen LogP contribution in [0.2, 0.25) is 0 Å². The summed E-state index contributed by atoms with van der Waals surface area (Å²) in [5.74, 6) is 0.786. The van der Waals surface area contributed by atoms with Gasteiger partial charge < -0.3 is 10.1 Å². The van der Waals surface area contributed by atoms with E-state index in [0.717, 1.165) is 17.3 Å². The van der Waals surface area contributed by atoms with Gasteiger partial charge in [-0.05, 0) is 37.8 Å². The first-order valence-electron chi connectivity index (χ1n) is 6.99. The quantitative estimate of drug-likeness (QED) is 0.905. The van der Waals surface area contributed by atoms with Gasteiger partial charge in [0.1, 0.15) is 17.8 Å². The molecule has 3 rings (SSSR count). The molecule has 2 atom stereocenters. The molecule has 1 saturated carbocycles. The molecule has 5 nitrogen and oxygen atoms in total. The minimum Gasteiger partial charge on any atom is -0.497 e. The van der Waals surface area contributed by atoms with Crippen LogP contribution in [0.15, 0.2) is 22.7 Å². The Labute approximate surface area is 131 Å². The van der Waals surface area contributed by atoms with Crippen LogP contribution in [-0.4, -0.2) is 31.0 Å². The van der Waals surface area contributed by atoms with Crippen LogP contribution in [0.4, 0.5) is 5.69 Å². The summed E-state index contributed by atoms with van der Waals surface area (Å²) >= 11 is 3.41. The van der Waals surface area contributed by atoms with Crippen LogP contribution in [0.1, 0.15) is 19.8 Å². The van der Waals surface area contributed by atoms with Gasteiger partial charge in [-0.3, -0.25) is 14.5 Å². The number of anilines is 1. The third-order valence-corrected chi connectivity index (χ3v) is 4.49. The summed E-state index contributed by atoms with van der Waals surface area (Å²) in [4.78, 5) is 26.5. The second-order valence-electron chi connectivity index (χ2n) is 5.56. The number of ether oxygens (including phenoxy) is 1. The van der Waals surface area contributed by atoms with Crippen molar-refractivity contribution in [2.75, 3.05) is 12.0 Å². The van der Waals surface area contributed by atoms with E-state index in [1.165, 1.54) is 0 Å². The minimum absolute atomic E-state index is 0.0373. The number of benzene rings is 1. The summed E-state index contributed by atoms with van der Waals surface area (Å²) in [6.45, 7) is 1.74. The molecule has 2 aliphatic rings. The van der Waals surface area contributed by atoms with Crippen molar-refractivity contribution < 1.29 is 14.3 Å². The lowest BCUT2D eigenvalue weighted by Crippen LogP contribution is -2.63. The van der Waals surface area contributed by atoms with E-state index in [1.807, 2.05) is 12.1 Å². The van der Waals surface area contributed by atoms with Crippen molar-refractivity contribution in [1.29, 1.82) is 0 Å². The van der Waals surface area contributed by atoms with Crippen molar-refractivity contribution >= 4 is 33.4 Å². The molecule has 6 heteroatoms. The maximum atomic E-state index is 12.7. The van der Waals surface area contributed by atoms with Crippen molar-refractivity contribution in [3.63, 3.8) is 0 Å². The number of rotatable bonds is 3. The van der Waals surface area contributed by atoms with Crippen molar-refractivity contribution in [3.05, 3.63) is 22.7 Å². The predicted molar refractivity (Wildman–Crippen MR) is 82.3 cm³/mol. The van der Waals surface area contributed by atoms with Crippen LogP contribution in [0.3, 0.4) is 0 Å². The van der Waals surface area contributed by atoms with Gasteiger partial charge >= 0.3 is 0 Å². The summed E-state index contributed by atoms with van der Waals surface area (Å²) in [5, 5.41) is 2.85. The number of amides is 2. The second kappa shape index (κ2) is 5.33. The van der Waals surface area contributed by atoms with Crippen molar-refractivity contribution in [3.8, 4) is 5.75 Å². The van der Waals surface area contributed by atoms with Crippen molar-refractivity contribution in [2.45, 2.75) is 31.8 Å². The van der Waals surface area contributed by atoms with Crippen LogP contribution in [0.25, 0.3) is 0 Å². The molecule has 1 N–H and O–H groups in total. The molecule has 21 heavy (non-hydrogen) atoms. The molecule has 2 amide bonds. The van der Waals surface area contributed by atoms with Gasteiger partial charge in [-0.1, -0.05) is 15.9 Å². The maximum Gasteiger partial charge on any atom is 0.250 e. The SMILES string of the molecule is COc1cc(Br)cc(N2C(=O)C(C3CC3)NC(=O)C2C)c1. The van der Waals surface area contributed by atoms with Crippen LogP contribution in [0.5, 0.6) is 5.75 Å². The van der Waals surface area contributed by atoms with Gasteiger partial charge in [-0.25, -0.2) is 0 Å². The van der Waals surface area contributed by atoms with Gasteiger partial charge in [0.2, 0.25) is 5.91 Å². The fraction of sp³-hybridized carbons (Fsp3) is 0.467. The fourth-order valence-electron chi connectivity index (χ4n) is 2.70. The Hall–Kier alpha value is -1.56. The number of methoxy groups -OCH3 is 1. The third kappa shape index (κ3) is 2.64. The zero-order chi connectivity index (χ0) is 15.1. The van der Waals surface area contributed by atoms with E-state index in [1.54, 1.807) is 25.0 Å². The number of hydrogen-bond acceptors (Lipinski definition) is 3. The third-order valence-electron chi connectivity index (χ3n) is 4.03. The smallest absolute Gasteiger partial charge is 0.250 e. The summed E-state index contributed by atoms with van der Waals surface area (Å²) in [7, 11) is 1.58. The highest BCUT2D eigenvalue weighted by molar-refractivity contribution is 9.10. The lowest BCUT2D eigenvalue weighted by atomic mass is 10.0. The van der Waals surface area contributed by atoms with Gasteiger partial charge in [0.25, 0.3) is 5.91 Å². The molecule has 0 aromatic heterocycles. The highest BCUT2D eigenvalue weighted by atomic mass is 79.9. The summed E-state index contributed by atoms with van der Waals surface area (Å²) in [6, 6.07) is 4.52. The van der Waals surface area contributed by atoms with Gasteiger partial charge in [0.05, 0.1) is 7.11 Å². The number of carbonyl (C=O) groups is 2. The molecular weight excluding hydrogens is 336 g/mol. The van der Waals surface area contributed by atoms with Gasteiger partial charge in [-0.15, -0.1) is 0 Å². The Morgan fingerprint density at radius 3 is 2.62 bits per heavy atom. The number of carbonyl (C=O) groups excluding carboxylic acids is 2. The summed E-state index contributed by atoms with van der Waals surface area (Å²) in [5.41, 5.74) is 0.680. The van der Waals surface area contributed by atoms with Gasteiger partial charge in [0, 0.05) is 16.2 Å². The van der Waals surface area contributed by atoms with Gasteiger partial charge in [0.15, 0.2) is 0 Å². The zero-order valence-corrected chi connectivity index (χ0v) is 13.5. The maximum absolute atomic E-state index is 12.7. The number of nitrogens with one attached hydrogen (secondary N) is 1. The zero-order valence-electron chi connectivity index (χ0n) is 11.9. The second-order valence-corrected chi connectivity index (χ2v) is 6.47. The van der Waals surface area contributed by atoms with Crippen LogP contribution in [0, 0.1) is 5.92 Å². The Balaban J connectivity index is 1.99. The van der Waals surface area contributed by atoms with E-state index in [9.17, 15) is 9.59 Å². The molecule has 1 aliphatic heterocycles. The number of nitrogens with zero attached hydrogens (tertiary/aromatic N) is 1. The topological polar surface area (TPSA) is 58.6 Å². The Kier molecular flexibility index (Phi) is 3.65. The molecule has 2 fully saturated rings. The predicted octanol–water partition coefficient (Wildman–Crippen LogP) is 2.09. The molecule has 2 unspecified atom stereocenters. The monoisotopic (exact) mass is 352 g/mol. The van der Waals surface area contributed by atoms with Crippen LogP contribution >= 0.6 is 15.9 Å². The van der Waals surface area contributed by atoms with Crippen LogP contribution in [-0.2, 0) is 9.59 Å². The molecule has 112 valence electrons. The van der Waals surface area contributed by atoms with E-state index in [2.05, 4.69) is 21.2 Å². The Morgan fingerprint density at radius 2 is 2.00 bits per heavy atom.